The zero-order valence-electron chi connectivity index (χ0n) is 19.4. The Balaban J connectivity index is 1.47. The number of ether oxygens (including phenoxy) is 3. The topological polar surface area (TPSA) is 115 Å². The predicted octanol–water partition coefficient (Wildman–Crippen LogP) is 2.10. The number of aliphatic hydroxyl groups is 2. The first-order valence-electron chi connectivity index (χ1n) is 12.2. The highest BCUT2D eigenvalue weighted by Crippen LogP contribution is 2.69. The van der Waals surface area contributed by atoms with Gasteiger partial charge in [0, 0.05) is 23.4 Å². The van der Waals surface area contributed by atoms with Crippen LogP contribution in [0.5, 0.6) is 0 Å². The van der Waals surface area contributed by atoms with E-state index >= 15 is 0 Å². The summed E-state index contributed by atoms with van der Waals surface area (Å²) in [7, 11) is 2.14. The number of likely N-dealkylation sites (tertiary alicyclic amines) is 1. The summed E-state index contributed by atoms with van der Waals surface area (Å²) in [5.74, 6) is 0.146. The molecule has 2 bridgehead atoms. The Morgan fingerprint density at radius 2 is 1.97 bits per heavy atom. The molecule has 9 nitrogen and oxygen atoms in total. The minimum atomic E-state index is -1.25. The van der Waals surface area contributed by atoms with Gasteiger partial charge in [0.25, 0.3) is 5.69 Å². The smallest absolute Gasteiger partial charge is 0.277 e. The van der Waals surface area contributed by atoms with Crippen LogP contribution in [0.2, 0.25) is 0 Å². The maximum Gasteiger partial charge on any atom is 0.277 e. The number of nitro benzene ring substituents is 1. The lowest BCUT2D eigenvalue weighted by Gasteiger charge is -2.58. The zero-order chi connectivity index (χ0) is 24.1. The molecule has 0 amide bonds. The average molecular weight is 481 g/mol. The van der Waals surface area contributed by atoms with Crippen LogP contribution in [-0.2, 0) is 19.8 Å². The number of piperidine rings is 1. The lowest BCUT2D eigenvalue weighted by atomic mass is 9.50. The van der Waals surface area contributed by atoms with Gasteiger partial charge in [-0.05, 0) is 55.3 Å². The van der Waals surface area contributed by atoms with Gasteiger partial charge in [0.05, 0.1) is 35.9 Å². The van der Waals surface area contributed by atoms with Gasteiger partial charge in [-0.1, -0.05) is 24.3 Å². The maximum absolute atomic E-state index is 11.8. The number of allylic oxidation sites excluding steroid dienone is 1. The van der Waals surface area contributed by atoms with Crippen molar-refractivity contribution in [2.45, 2.75) is 49.1 Å². The summed E-state index contributed by atoms with van der Waals surface area (Å²) in [6.45, 7) is 1.57. The Bertz CT molecular complexity index is 1200. The third-order valence-electron chi connectivity index (χ3n) is 9.11. The average Bonchev–Trinajstić information content (AvgIpc) is 3.49. The highest BCUT2D eigenvalue weighted by molar-refractivity contribution is 5.58. The standard InChI is InChI=1S/C26H28N2O7/c1-27-9-8-25-17-4-6-20(29)23(25)35-26(21(30)7-2-14(22(25)26)12-19(17)27)15-3-5-18(28(31)32)16(13-15)24-33-10-11-34-24/h2-7,13,17,19-21,23-24,29-30H,8-12H2,1H3/t17-,19+,20-,21?,23-,25-,26?/m0/s1. The van der Waals surface area contributed by atoms with E-state index in [9.17, 15) is 20.3 Å². The molecule has 3 fully saturated rings. The van der Waals surface area contributed by atoms with Gasteiger partial charge in [-0.3, -0.25) is 10.1 Å². The lowest BCUT2D eigenvalue weighted by Crippen LogP contribution is -2.62. The van der Waals surface area contributed by atoms with Gasteiger partial charge in [0.15, 0.2) is 6.29 Å². The van der Waals surface area contributed by atoms with E-state index in [0.717, 1.165) is 30.5 Å². The van der Waals surface area contributed by atoms with Gasteiger partial charge in [-0.2, -0.15) is 0 Å². The minimum Gasteiger partial charge on any atom is -0.386 e. The number of nitro groups is 1. The molecule has 3 heterocycles. The van der Waals surface area contributed by atoms with Crippen molar-refractivity contribution in [3.63, 3.8) is 0 Å². The van der Waals surface area contributed by atoms with Crippen LogP contribution in [0.15, 0.2) is 53.6 Å². The van der Waals surface area contributed by atoms with Crippen LogP contribution < -0.4 is 0 Å². The molecule has 1 aromatic rings. The SMILES string of the molecule is CN1CC[C@]23C4=C5C=CC(O)C4(c4ccc([N+](=O)[O-])c(C6OCCO6)c4)O[C@H]2[C@@H](O)C=C[C@H]3[C@H]1C5. The Morgan fingerprint density at radius 1 is 1.17 bits per heavy atom. The van der Waals surface area contributed by atoms with E-state index in [2.05, 4.69) is 18.0 Å². The fourth-order valence-corrected chi connectivity index (χ4v) is 7.72. The maximum atomic E-state index is 11.8. The number of aliphatic hydroxyl groups excluding tert-OH is 2. The molecule has 3 saturated heterocycles. The van der Waals surface area contributed by atoms with Crippen molar-refractivity contribution in [1.29, 1.82) is 0 Å². The molecule has 3 aliphatic carbocycles. The molecule has 0 saturated carbocycles. The highest BCUT2D eigenvalue weighted by Gasteiger charge is 2.71. The number of benzene rings is 1. The van der Waals surface area contributed by atoms with Crippen molar-refractivity contribution in [3.05, 3.63) is 74.9 Å². The number of rotatable bonds is 3. The molecule has 6 aliphatic rings. The minimum absolute atomic E-state index is 0.0942. The molecule has 3 aliphatic heterocycles. The molecule has 1 spiro atoms. The van der Waals surface area contributed by atoms with E-state index < -0.39 is 40.5 Å². The van der Waals surface area contributed by atoms with Gasteiger partial charge in [0.2, 0.25) is 0 Å². The van der Waals surface area contributed by atoms with Gasteiger partial charge in [0.1, 0.15) is 11.7 Å². The van der Waals surface area contributed by atoms with Crippen molar-refractivity contribution < 1.29 is 29.3 Å². The van der Waals surface area contributed by atoms with Crippen LogP contribution in [0, 0.1) is 21.4 Å². The van der Waals surface area contributed by atoms with Crippen LogP contribution in [0.3, 0.4) is 0 Å². The van der Waals surface area contributed by atoms with Gasteiger partial charge < -0.3 is 29.3 Å². The van der Waals surface area contributed by atoms with E-state index in [1.165, 1.54) is 6.07 Å². The second-order valence-electron chi connectivity index (χ2n) is 10.5. The Morgan fingerprint density at radius 3 is 2.74 bits per heavy atom. The predicted molar refractivity (Wildman–Crippen MR) is 123 cm³/mol. The van der Waals surface area contributed by atoms with E-state index in [4.69, 9.17) is 14.2 Å². The monoisotopic (exact) mass is 480 g/mol. The first-order valence-corrected chi connectivity index (χ1v) is 12.2. The van der Waals surface area contributed by atoms with Crippen LogP contribution in [0.25, 0.3) is 0 Å². The number of hydrogen-bond donors (Lipinski definition) is 2. The van der Waals surface area contributed by atoms with Crippen LogP contribution in [-0.4, -0.2) is 71.2 Å². The molecular weight excluding hydrogens is 452 g/mol. The van der Waals surface area contributed by atoms with Crippen LogP contribution in [0.4, 0.5) is 5.69 Å². The second kappa shape index (κ2) is 7.32. The quantitative estimate of drug-likeness (QED) is 0.384. The molecule has 0 aromatic heterocycles. The molecule has 9 heteroatoms. The third kappa shape index (κ3) is 2.63. The summed E-state index contributed by atoms with van der Waals surface area (Å²) in [4.78, 5) is 13.8. The second-order valence-corrected chi connectivity index (χ2v) is 10.5. The number of nitrogens with zero attached hydrogens (tertiary/aromatic N) is 2. The van der Waals surface area contributed by atoms with Crippen LogP contribution in [0.1, 0.15) is 30.3 Å². The molecule has 2 N–H and O–H groups in total. The summed E-state index contributed by atoms with van der Waals surface area (Å²) >= 11 is 0. The van der Waals surface area contributed by atoms with Gasteiger partial charge >= 0.3 is 0 Å². The molecule has 1 aromatic carbocycles. The van der Waals surface area contributed by atoms with E-state index in [0.29, 0.717) is 24.3 Å². The van der Waals surface area contributed by atoms with E-state index in [-0.39, 0.29) is 17.6 Å². The van der Waals surface area contributed by atoms with Crippen molar-refractivity contribution in [3.8, 4) is 0 Å². The molecule has 7 atom stereocenters. The largest absolute Gasteiger partial charge is 0.386 e. The van der Waals surface area contributed by atoms with Gasteiger partial charge in [-0.15, -0.1) is 0 Å². The normalized spacial score (nSPS) is 42.0. The number of hydrogen-bond acceptors (Lipinski definition) is 8. The first kappa shape index (κ1) is 21.8. The Kier molecular flexibility index (Phi) is 4.57. The Hall–Kier alpha value is -2.40. The summed E-state index contributed by atoms with van der Waals surface area (Å²) in [5, 5.41) is 34.5. The highest BCUT2D eigenvalue weighted by atomic mass is 16.7. The lowest BCUT2D eigenvalue weighted by molar-refractivity contribution is -0.386. The molecule has 184 valence electrons. The Labute approximate surface area is 202 Å². The fourth-order valence-electron chi connectivity index (χ4n) is 7.72. The van der Waals surface area contributed by atoms with E-state index in [1.54, 1.807) is 18.2 Å². The molecule has 35 heavy (non-hydrogen) atoms. The van der Waals surface area contributed by atoms with Crippen molar-refractivity contribution >= 4 is 5.69 Å². The van der Waals surface area contributed by atoms with Crippen molar-refractivity contribution in [1.82, 2.24) is 4.90 Å². The third-order valence-corrected chi connectivity index (χ3v) is 9.11. The molecule has 7 rings (SSSR count). The summed E-state index contributed by atoms with van der Waals surface area (Å²) in [6, 6.07) is 5.10. The molecule has 0 radical (unpaired) electrons. The van der Waals surface area contributed by atoms with Gasteiger partial charge in [-0.25, -0.2) is 0 Å². The van der Waals surface area contributed by atoms with E-state index in [1.807, 2.05) is 12.2 Å². The summed E-state index contributed by atoms with van der Waals surface area (Å²) in [5.41, 5.74) is 1.29. The zero-order valence-corrected chi connectivity index (χ0v) is 19.4. The van der Waals surface area contributed by atoms with Crippen molar-refractivity contribution in [2.24, 2.45) is 11.3 Å². The fraction of sp³-hybridized carbons (Fsp3) is 0.538. The summed E-state index contributed by atoms with van der Waals surface area (Å²) < 4.78 is 18.1. The summed E-state index contributed by atoms with van der Waals surface area (Å²) in [6.07, 6.45) is 6.15. The molecule has 2 unspecified atom stereocenters. The molecular formula is C26H28N2O7. The first-order chi connectivity index (χ1) is 16.9. The van der Waals surface area contributed by atoms with Crippen LogP contribution >= 0.6 is 0 Å². The van der Waals surface area contributed by atoms with Crippen molar-refractivity contribution in [2.75, 3.05) is 26.8 Å².